The van der Waals surface area contributed by atoms with Crippen molar-refractivity contribution >= 4 is 35.6 Å². The Morgan fingerprint density at radius 2 is 2.08 bits per heavy atom. The average Bonchev–Trinajstić information content (AvgIpc) is 3.01. The van der Waals surface area contributed by atoms with E-state index in [1.807, 2.05) is 12.1 Å². The number of ether oxygens (including phenoxy) is 1. The van der Waals surface area contributed by atoms with E-state index in [0.29, 0.717) is 17.9 Å². The van der Waals surface area contributed by atoms with E-state index in [-0.39, 0.29) is 30.1 Å². The maximum absolute atomic E-state index is 12.3. The van der Waals surface area contributed by atoms with Crippen molar-refractivity contribution < 1.29 is 14.3 Å². The summed E-state index contributed by atoms with van der Waals surface area (Å²) in [5, 5.41) is 6.22. The number of piperidine rings is 1. The monoisotopic (exact) mass is 353 g/mol. The fourth-order valence-corrected chi connectivity index (χ4v) is 3.21. The van der Waals surface area contributed by atoms with E-state index in [4.69, 9.17) is 4.74 Å². The number of nitrogens with zero attached hydrogens (tertiary/aromatic N) is 1. The second-order valence-corrected chi connectivity index (χ2v) is 6.05. The van der Waals surface area contributed by atoms with Crippen LogP contribution in [0, 0.1) is 5.92 Å². The smallest absolute Gasteiger partial charge is 0.227 e. The Balaban J connectivity index is 0.00000208. The second-order valence-electron chi connectivity index (χ2n) is 6.05. The van der Waals surface area contributed by atoms with Gasteiger partial charge >= 0.3 is 0 Å². The molecule has 2 amide bonds. The van der Waals surface area contributed by atoms with Gasteiger partial charge in [0, 0.05) is 30.6 Å². The Morgan fingerprint density at radius 3 is 2.71 bits per heavy atom. The third-order valence-electron chi connectivity index (χ3n) is 4.52. The number of halogens is 1. The van der Waals surface area contributed by atoms with E-state index >= 15 is 0 Å². The number of benzene rings is 1. The highest BCUT2D eigenvalue weighted by molar-refractivity contribution is 5.98. The number of carbonyl (C=O) groups is 2. The zero-order valence-corrected chi connectivity index (χ0v) is 14.7. The SMILES string of the molecule is COc1cc(NC(=O)C2CCNCC2)ccc1N1CCCC1=O.Cl. The molecule has 2 fully saturated rings. The molecule has 1 aromatic rings. The number of hydrogen-bond acceptors (Lipinski definition) is 4. The Hall–Kier alpha value is -1.79. The lowest BCUT2D eigenvalue weighted by Crippen LogP contribution is -2.34. The molecule has 2 aliphatic rings. The summed E-state index contributed by atoms with van der Waals surface area (Å²) in [5.74, 6) is 0.846. The number of rotatable bonds is 4. The summed E-state index contributed by atoms with van der Waals surface area (Å²) in [5.41, 5.74) is 1.48. The van der Waals surface area contributed by atoms with Crippen LogP contribution in [0.1, 0.15) is 25.7 Å². The molecule has 2 heterocycles. The number of nitrogens with one attached hydrogen (secondary N) is 2. The van der Waals surface area contributed by atoms with Crippen LogP contribution in [0.5, 0.6) is 5.75 Å². The van der Waals surface area contributed by atoms with Crippen molar-refractivity contribution in [1.29, 1.82) is 0 Å². The quantitative estimate of drug-likeness (QED) is 0.870. The first-order chi connectivity index (χ1) is 11.2. The van der Waals surface area contributed by atoms with Gasteiger partial charge in [0.05, 0.1) is 12.8 Å². The van der Waals surface area contributed by atoms with Gasteiger partial charge in [0.25, 0.3) is 0 Å². The first-order valence-corrected chi connectivity index (χ1v) is 8.19. The first-order valence-electron chi connectivity index (χ1n) is 8.19. The Bertz CT molecular complexity index is 603. The van der Waals surface area contributed by atoms with Gasteiger partial charge < -0.3 is 20.3 Å². The van der Waals surface area contributed by atoms with E-state index in [1.54, 1.807) is 18.1 Å². The molecule has 2 saturated heterocycles. The minimum atomic E-state index is 0. The predicted octanol–water partition coefficient (Wildman–Crippen LogP) is 2.18. The zero-order valence-electron chi connectivity index (χ0n) is 13.8. The lowest BCUT2D eigenvalue weighted by molar-refractivity contribution is -0.120. The van der Waals surface area contributed by atoms with E-state index < -0.39 is 0 Å². The topological polar surface area (TPSA) is 70.7 Å². The highest BCUT2D eigenvalue weighted by Gasteiger charge is 2.25. The maximum atomic E-state index is 12.3. The highest BCUT2D eigenvalue weighted by Crippen LogP contribution is 2.34. The third-order valence-corrected chi connectivity index (χ3v) is 4.52. The van der Waals surface area contributed by atoms with Crippen LogP contribution >= 0.6 is 12.4 Å². The van der Waals surface area contributed by atoms with Gasteiger partial charge in [-0.25, -0.2) is 0 Å². The summed E-state index contributed by atoms with van der Waals surface area (Å²) < 4.78 is 5.42. The first kappa shape index (κ1) is 18.5. The van der Waals surface area contributed by atoms with Crippen LogP contribution in [0.2, 0.25) is 0 Å². The Kier molecular flexibility index (Phi) is 6.45. The summed E-state index contributed by atoms with van der Waals surface area (Å²) >= 11 is 0. The van der Waals surface area contributed by atoms with E-state index in [2.05, 4.69) is 10.6 Å². The number of amides is 2. The summed E-state index contributed by atoms with van der Waals surface area (Å²) in [6.07, 6.45) is 3.18. The zero-order chi connectivity index (χ0) is 16.2. The van der Waals surface area contributed by atoms with Crippen molar-refractivity contribution in [3.63, 3.8) is 0 Å². The molecule has 0 atom stereocenters. The highest BCUT2D eigenvalue weighted by atomic mass is 35.5. The molecule has 132 valence electrons. The molecule has 0 bridgehead atoms. The molecule has 2 N–H and O–H groups in total. The average molecular weight is 354 g/mol. The van der Waals surface area contributed by atoms with Crippen LogP contribution in [0.4, 0.5) is 11.4 Å². The normalized spacial score (nSPS) is 18.2. The van der Waals surface area contributed by atoms with Gasteiger partial charge in [-0.3, -0.25) is 9.59 Å². The molecule has 0 aliphatic carbocycles. The van der Waals surface area contributed by atoms with Crippen molar-refractivity contribution in [2.75, 3.05) is 37.0 Å². The van der Waals surface area contributed by atoms with Gasteiger partial charge in [-0.1, -0.05) is 0 Å². The van der Waals surface area contributed by atoms with E-state index in [9.17, 15) is 9.59 Å². The summed E-state index contributed by atoms with van der Waals surface area (Å²) in [6.45, 7) is 2.49. The summed E-state index contributed by atoms with van der Waals surface area (Å²) in [7, 11) is 1.58. The largest absolute Gasteiger partial charge is 0.494 e. The minimum absolute atomic E-state index is 0. The lowest BCUT2D eigenvalue weighted by atomic mass is 9.97. The molecule has 0 radical (unpaired) electrons. The van der Waals surface area contributed by atoms with Gasteiger partial charge in [-0.2, -0.15) is 0 Å². The van der Waals surface area contributed by atoms with E-state index in [1.165, 1.54) is 0 Å². The minimum Gasteiger partial charge on any atom is -0.494 e. The van der Waals surface area contributed by atoms with Gasteiger partial charge in [0.2, 0.25) is 11.8 Å². The molecule has 0 unspecified atom stereocenters. The maximum Gasteiger partial charge on any atom is 0.227 e. The number of methoxy groups -OCH3 is 1. The molecule has 3 rings (SSSR count). The van der Waals surface area contributed by atoms with Crippen molar-refractivity contribution in [1.82, 2.24) is 5.32 Å². The van der Waals surface area contributed by atoms with Crippen LogP contribution in [0.3, 0.4) is 0 Å². The predicted molar refractivity (Wildman–Crippen MR) is 96.1 cm³/mol. The van der Waals surface area contributed by atoms with Crippen molar-refractivity contribution in [3.05, 3.63) is 18.2 Å². The van der Waals surface area contributed by atoms with Gasteiger partial charge in [0.1, 0.15) is 5.75 Å². The fourth-order valence-electron chi connectivity index (χ4n) is 3.21. The molecule has 0 spiro atoms. The van der Waals surface area contributed by atoms with Crippen LogP contribution in [0.25, 0.3) is 0 Å². The summed E-state index contributed by atoms with van der Waals surface area (Å²) in [6, 6.07) is 5.47. The van der Waals surface area contributed by atoms with Crippen LogP contribution < -0.4 is 20.3 Å². The number of hydrogen-bond donors (Lipinski definition) is 2. The molecule has 0 aromatic heterocycles. The van der Waals surface area contributed by atoms with Crippen molar-refractivity contribution in [2.45, 2.75) is 25.7 Å². The third kappa shape index (κ3) is 3.99. The Morgan fingerprint density at radius 1 is 1.33 bits per heavy atom. The van der Waals surface area contributed by atoms with Crippen LogP contribution in [-0.4, -0.2) is 38.6 Å². The van der Waals surface area contributed by atoms with Gasteiger partial charge in [0.15, 0.2) is 0 Å². The van der Waals surface area contributed by atoms with Crippen LogP contribution in [-0.2, 0) is 9.59 Å². The number of anilines is 2. The van der Waals surface area contributed by atoms with Gasteiger partial charge in [-0.15, -0.1) is 12.4 Å². The van der Waals surface area contributed by atoms with Crippen molar-refractivity contribution in [2.24, 2.45) is 5.92 Å². The van der Waals surface area contributed by atoms with Gasteiger partial charge in [-0.05, 0) is 44.5 Å². The lowest BCUT2D eigenvalue weighted by Gasteiger charge is -2.23. The summed E-state index contributed by atoms with van der Waals surface area (Å²) in [4.78, 5) is 26.0. The molecule has 0 saturated carbocycles. The molecule has 6 nitrogen and oxygen atoms in total. The number of carbonyl (C=O) groups excluding carboxylic acids is 2. The fraction of sp³-hybridized carbons (Fsp3) is 0.529. The van der Waals surface area contributed by atoms with Crippen LogP contribution in [0.15, 0.2) is 18.2 Å². The van der Waals surface area contributed by atoms with E-state index in [0.717, 1.165) is 44.6 Å². The standard InChI is InChI=1S/C17H23N3O3.ClH/c1-23-15-11-13(19-17(22)12-6-8-18-9-7-12)4-5-14(15)20-10-2-3-16(20)21;/h4-5,11-12,18H,2-3,6-10H2,1H3,(H,19,22);1H. The van der Waals surface area contributed by atoms with Crippen molar-refractivity contribution in [3.8, 4) is 5.75 Å². The molecular formula is C17H24ClN3O3. The Labute approximate surface area is 148 Å². The molecular weight excluding hydrogens is 330 g/mol. The molecule has 1 aromatic carbocycles. The molecule has 24 heavy (non-hydrogen) atoms. The second kappa shape index (κ2) is 8.35. The molecule has 7 heteroatoms. The molecule has 2 aliphatic heterocycles.